The minimum Gasteiger partial charge on any atom is -0.338 e. The SMILES string of the molecule is CC(=O)Nc1cccc(-n2c(SCc3nc(CCC(C)C)no3)nnc2C2CC2)c1. The second-order valence-corrected chi connectivity index (χ2v) is 8.95. The van der Waals surface area contributed by atoms with Crippen molar-refractivity contribution in [2.24, 2.45) is 5.92 Å². The van der Waals surface area contributed by atoms with Crippen LogP contribution in [0.4, 0.5) is 5.69 Å². The van der Waals surface area contributed by atoms with E-state index in [4.69, 9.17) is 4.52 Å². The van der Waals surface area contributed by atoms with E-state index in [0.29, 0.717) is 23.5 Å². The van der Waals surface area contributed by atoms with Crippen molar-refractivity contribution in [3.63, 3.8) is 0 Å². The van der Waals surface area contributed by atoms with Gasteiger partial charge in [0.15, 0.2) is 11.0 Å². The molecule has 1 fully saturated rings. The van der Waals surface area contributed by atoms with Gasteiger partial charge >= 0.3 is 0 Å². The Kier molecular flexibility index (Phi) is 6.17. The first kappa shape index (κ1) is 20.6. The number of carbonyl (C=O) groups is 1. The molecule has 4 rings (SSSR count). The van der Waals surface area contributed by atoms with E-state index in [1.807, 2.05) is 24.3 Å². The molecule has 1 aromatic carbocycles. The van der Waals surface area contributed by atoms with Gasteiger partial charge in [-0.15, -0.1) is 10.2 Å². The van der Waals surface area contributed by atoms with Crippen LogP contribution in [0.15, 0.2) is 33.9 Å². The first-order valence-corrected chi connectivity index (χ1v) is 11.3. The second-order valence-electron chi connectivity index (χ2n) is 8.01. The topological polar surface area (TPSA) is 98.7 Å². The fourth-order valence-electron chi connectivity index (χ4n) is 3.14. The van der Waals surface area contributed by atoms with Gasteiger partial charge in [-0.3, -0.25) is 9.36 Å². The van der Waals surface area contributed by atoms with Gasteiger partial charge in [-0.2, -0.15) is 4.98 Å². The van der Waals surface area contributed by atoms with E-state index in [2.05, 4.69) is 44.1 Å². The zero-order chi connectivity index (χ0) is 21.1. The van der Waals surface area contributed by atoms with E-state index in [1.165, 1.54) is 18.7 Å². The average Bonchev–Trinajstić information content (AvgIpc) is 3.30. The van der Waals surface area contributed by atoms with Gasteiger partial charge < -0.3 is 9.84 Å². The van der Waals surface area contributed by atoms with Gasteiger partial charge in [0.25, 0.3) is 0 Å². The van der Waals surface area contributed by atoms with Crippen LogP contribution in [0.2, 0.25) is 0 Å². The summed E-state index contributed by atoms with van der Waals surface area (Å²) in [4.78, 5) is 15.9. The molecule has 0 spiro atoms. The van der Waals surface area contributed by atoms with E-state index < -0.39 is 0 Å². The highest BCUT2D eigenvalue weighted by molar-refractivity contribution is 7.98. The predicted octanol–water partition coefficient (Wildman–Crippen LogP) is 4.37. The van der Waals surface area contributed by atoms with Crippen molar-refractivity contribution >= 4 is 23.4 Å². The summed E-state index contributed by atoms with van der Waals surface area (Å²) in [6.07, 6.45) is 4.10. The number of rotatable bonds is 9. The summed E-state index contributed by atoms with van der Waals surface area (Å²) in [5, 5.41) is 16.6. The minimum atomic E-state index is -0.0995. The van der Waals surface area contributed by atoms with E-state index in [0.717, 1.165) is 53.9 Å². The first-order valence-electron chi connectivity index (χ1n) is 10.3. The molecule has 1 aliphatic carbocycles. The van der Waals surface area contributed by atoms with Crippen LogP contribution >= 0.6 is 11.8 Å². The zero-order valence-electron chi connectivity index (χ0n) is 17.5. The smallest absolute Gasteiger partial charge is 0.237 e. The quantitative estimate of drug-likeness (QED) is 0.507. The molecule has 2 heterocycles. The zero-order valence-corrected chi connectivity index (χ0v) is 18.3. The van der Waals surface area contributed by atoms with Gasteiger partial charge in [0.2, 0.25) is 11.8 Å². The largest absolute Gasteiger partial charge is 0.338 e. The van der Waals surface area contributed by atoms with Crippen molar-refractivity contribution in [2.75, 3.05) is 5.32 Å². The molecule has 2 aromatic heterocycles. The lowest BCUT2D eigenvalue weighted by atomic mass is 10.1. The lowest BCUT2D eigenvalue weighted by molar-refractivity contribution is -0.114. The van der Waals surface area contributed by atoms with Crippen molar-refractivity contribution < 1.29 is 9.32 Å². The van der Waals surface area contributed by atoms with Crippen molar-refractivity contribution in [1.29, 1.82) is 0 Å². The summed E-state index contributed by atoms with van der Waals surface area (Å²) < 4.78 is 7.48. The summed E-state index contributed by atoms with van der Waals surface area (Å²) in [6, 6.07) is 7.74. The van der Waals surface area contributed by atoms with Crippen molar-refractivity contribution in [3.05, 3.63) is 41.8 Å². The Balaban J connectivity index is 1.53. The van der Waals surface area contributed by atoms with Crippen molar-refractivity contribution in [2.45, 2.75) is 63.3 Å². The maximum Gasteiger partial charge on any atom is 0.237 e. The van der Waals surface area contributed by atoms with Gasteiger partial charge in [-0.05, 0) is 43.4 Å². The summed E-state index contributed by atoms with van der Waals surface area (Å²) in [7, 11) is 0. The van der Waals surface area contributed by atoms with Crippen LogP contribution in [0, 0.1) is 5.92 Å². The van der Waals surface area contributed by atoms with E-state index >= 15 is 0 Å². The Labute approximate surface area is 179 Å². The molecule has 1 N–H and O–H groups in total. The Morgan fingerprint density at radius 2 is 2.17 bits per heavy atom. The fourth-order valence-corrected chi connectivity index (χ4v) is 3.94. The van der Waals surface area contributed by atoms with Crippen LogP contribution in [0.25, 0.3) is 5.69 Å². The molecule has 0 saturated heterocycles. The average molecular weight is 427 g/mol. The molecule has 0 unspecified atom stereocenters. The number of hydrogen-bond donors (Lipinski definition) is 1. The lowest BCUT2D eigenvalue weighted by Gasteiger charge is -2.11. The Bertz CT molecular complexity index is 1020. The Morgan fingerprint density at radius 1 is 1.33 bits per heavy atom. The third kappa shape index (κ3) is 5.08. The van der Waals surface area contributed by atoms with Gasteiger partial charge in [-0.1, -0.05) is 36.8 Å². The van der Waals surface area contributed by atoms with Crippen molar-refractivity contribution in [1.82, 2.24) is 24.9 Å². The lowest BCUT2D eigenvalue weighted by Crippen LogP contribution is -2.07. The molecular formula is C21H26N6O2S. The number of hydrogen-bond acceptors (Lipinski definition) is 7. The number of nitrogens with zero attached hydrogens (tertiary/aromatic N) is 5. The van der Waals surface area contributed by atoms with Crippen LogP contribution in [0.3, 0.4) is 0 Å². The predicted molar refractivity (Wildman–Crippen MR) is 115 cm³/mol. The van der Waals surface area contributed by atoms with Gasteiger partial charge in [-0.25, -0.2) is 0 Å². The molecule has 3 aromatic rings. The van der Waals surface area contributed by atoms with Gasteiger partial charge in [0, 0.05) is 24.9 Å². The maximum atomic E-state index is 11.4. The minimum absolute atomic E-state index is 0.0995. The third-order valence-electron chi connectivity index (χ3n) is 4.81. The number of carbonyl (C=O) groups excluding carboxylic acids is 1. The summed E-state index contributed by atoms with van der Waals surface area (Å²) in [6.45, 7) is 5.87. The number of thioether (sulfide) groups is 1. The molecular weight excluding hydrogens is 400 g/mol. The van der Waals surface area contributed by atoms with E-state index in [1.54, 1.807) is 0 Å². The molecule has 9 heteroatoms. The highest BCUT2D eigenvalue weighted by Crippen LogP contribution is 2.41. The molecule has 0 atom stereocenters. The standard InChI is InChI=1S/C21H26N6O2S/c1-13(2)7-10-18-23-19(29-26-18)12-30-21-25-24-20(15-8-9-15)27(21)17-6-4-5-16(11-17)22-14(3)28/h4-6,11,13,15H,7-10,12H2,1-3H3,(H,22,28). The van der Waals surface area contributed by atoms with Gasteiger partial charge in [0.1, 0.15) is 5.82 Å². The number of aryl methyl sites for hydroxylation is 1. The molecule has 0 aliphatic heterocycles. The van der Waals surface area contributed by atoms with Crippen LogP contribution in [0.5, 0.6) is 0 Å². The summed E-state index contributed by atoms with van der Waals surface area (Å²) in [5.41, 5.74) is 1.68. The number of benzene rings is 1. The summed E-state index contributed by atoms with van der Waals surface area (Å²) in [5.74, 6) is 3.77. The molecule has 30 heavy (non-hydrogen) atoms. The fraction of sp³-hybridized carbons (Fsp3) is 0.476. The number of anilines is 1. The molecule has 0 radical (unpaired) electrons. The Hall–Kier alpha value is -2.68. The van der Waals surface area contributed by atoms with Crippen LogP contribution in [-0.4, -0.2) is 30.8 Å². The molecule has 1 aliphatic rings. The third-order valence-corrected chi connectivity index (χ3v) is 5.72. The molecule has 158 valence electrons. The molecule has 0 bridgehead atoms. The van der Waals surface area contributed by atoms with Crippen LogP contribution in [0.1, 0.15) is 63.5 Å². The monoisotopic (exact) mass is 426 g/mol. The molecule has 1 saturated carbocycles. The van der Waals surface area contributed by atoms with Gasteiger partial charge in [0.05, 0.1) is 11.4 Å². The molecule has 1 amide bonds. The van der Waals surface area contributed by atoms with Crippen molar-refractivity contribution in [3.8, 4) is 5.69 Å². The number of aromatic nitrogens is 5. The highest BCUT2D eigenvalue weighted by Gasteiger charge is 2.31. The molecule has 8 nitrogen and oxygen atoms in total. The first-order chi connectivity index (χ1) is 14.5. The Morgan fingerprint density at radius 3 is 2.90 bits per heavy atom. The van der Waals surface area contributed by atoms with Crippen LogP contribution in [-0.2, 0) is 17.0 Å². The normalized spacial score (nSPS) is 13.7. The summed E-state index contributed by atoms with van der Waals surface area (Å²) >= 11 is 1.52. The number of nitrogens with one attached hydrogen (secondary N) is 1. The highest BCUT2D eigenvalue weighted by atomic mass is 32.2. The second kappa shape index (κ2) is 8.99. The van der Waals surface area contributed by atoms with E-state index in [-0.39, 0.29) is 5.91 Å². The van der Waals surface area contributed by atoms with E-state index in [9.17, 15) is 4.79 Å². The number of amides is 1. The van der Waals surface area contributed by atoms with Crippen LogP contribution < -0.4 is 5.32 Å². The maximum absolute atomic E-state index is 11.4.